The van der Waals surface area contributed by atoms with Crippen LogP contribution in [0.2, 0.25) is 0 Å². The van der Waals surface area contributed by atoms with Crippen molar-refractivity contribution in [2.75, 3.05) is 14.2 Å². The number of hydrogen-bond donors (Lipinski definition) is 2. The van der Waals surface area contributed by atoms with Crippen molar-refractivity contribution >= 4 is 11.9 Å². The molecule has 10 nitrogen and oxygen atoms in total. The largest absolute Gasteiger partial charge is 0.496 e. The number of halogens is 3. The van der Waals surface area contributed by atoms with Gasteiger partial charge in [0.05, 0.1) is 37.9 Å². The summed E-state index contributed by atoms with van der Waals surface area (Å²) < 4.78 is 51.0. The summed E-state index contributed by atoms with van der Waals surface area (Å²) in [5.41, 5.74) is 5.66. The van der Waals surface area contributed by atoms with Gasteiger partial charge in [0.25, 0.3) is 17.9 Å². The number of aromatic nitrogens is 3. The Labute approximate surface area is 232 Å². The minimum atomic E-state index is -3.03. The third kappa shape index (κ3) is 7.82. The van der Waals surface area contributed by atoms with Crippen LogP contribution in [0.15, 0.2) is 71.8 Å². The van der Waals surface area contributed by atoms with E-state index in [1.165, 1.54) is 19.4 Å². The molecule has 1 amide bonds. The molecule has 0 radical (unpaired) electrons. The van der Waals surface area contributed by atoms with E-state index in [0.717, 1.165) is 30.4 Å². The molecule has 0 bridgehead atoms. The van der Waals surface area contributed by atoms with Crippen molar-refractivity contribution in [1.82, 2.24) is 14.3 Å². The number of hydrogen-bond acceptors (Lipinski definition) is 6. The molecule has 3 N–H and O–H groups in total. The summed E-state index contributed by atoms with van der Waals surface area (Å²) in [6.45, 7) is 1.11. The minimum absolute atomic E-state index is 0.0417. The predicted molar refractivity (Wildman–Crippen MR) is 142 cm³/mol. The highest BCUT2D eigenvalue weighted by Crippen LogP contribution is 2.33. The van der Waals surface area contributed by atoms with E-state index in [1.54, 1.807) is 21.5 Å². The standard InChI is InChI=1S/C19H19N3O4.C9H8F3NO2/c1-26-13-17-16(19(24)25)12-22(20-17)11-15-7-5-14(6-8-15)10-21-9-3-2-4-18(21)23;1-15-5-3-2-4(10)6(9(13)14)7(5)8(11)12/h2-9,12H,10-11,13H2,1H3,(H,24,25);2-3,8H,1H3,(H2,13,14). The minimum Gasteiger partial charge on any atom is -0.496 e. The van der Waals surface area contributed by atoms with Gasteiger partial charge >= 0.3 is 5.97 Å². The molecule has 0 aliphatic heterocycles. The molecule has 2 aromatic carbocycles. The van der Waals surface area contributed by atoms with E-state index in [4.69, 9.17) is 10.5 Å². The molecule has 216 valence electrons. The molecule has 0 atom stereocenters. The van der Waals surface area contributed by atoms with Crippen LogP contribution in [0.3, 0.4) is 0 Å². The Balaban J connectivity index is 0.000000263. The molecular formula is C28H27F3N4O6. The Morgan fingerprint density at radius 2 is 1.68 bits per heavy atom. The molecule has 0 saturated heterocycles. The van der Waals surface area contributed by atoms with Gasteiger partial charge in [0.2, 0.25) is 0 Å². The summed E-state index contributed by atoms with van der Waals surface area (Å²) in [6, 6.07) is 14.7. The molecule has 0 aliphatic carbocycles. The maximum Gasteiger partial charge on any atom is 0.339 e. The maximum absolute atomic E-state index is 13.1. The van der Waals surface area contributed by atoms with Crippen LogP contribution in [0.5, 0.6) is 5.75 Å². The van der Waals surface area contributed by atoms with Crippen LogP contribution >= 0.6 is 0 Å². The first-order valence-electron chi connectivity index (χ1n) is 12.0. The first kappa shape index (κ1) is 30.6. The Kier molecular flexibility index (Phi) is 10.4. The van der Waals surface area contributed by atoms with Gasteiger partial charge in [-0.15, -0.1) is 0 Å². The van der Waals surface area contributed by atoms with Crippen molar-refractivity contribution in [3.8, 4) is 5.75 Å². The third-order valence-corrected chi connectivity index (χ3v) is 5.81. The predicted octanol–water partition coefficient (Wildman–Crippen LogP) is 3.86. The lowest BCUT2D eigenvalue weighted by atomic mass is 10.1. The average Bonchev–Trinajstić information content (AvgIpc) is 3.33. The Bertz CT molecular complexity index is 1570. The molecular weight excluding hydrogens is 545 g/mol. The molecule has 13 heteroatoms. The topological polar surface area (TPSA) is 139 Å². The van der Waals surface area contributed by atoms with E-state index in [-0.39, 0.29) is 23.5 Å². The Hall–Kier alpha value is -4.91. The van der Waals surface area contributed by atoms with Crippen molar-refractivity contribution in [2.24, 2.45) is 5.73 Å². The van der Waals surface area contributed by atoms with Crippen LogP contribution in [0, 0.1) is 5.82 Å². The number of primary amides is 1. The number of alkyl halides is 2. The Morgan fingerprint density at radius 1 is 1.02 bits per heavy atom. The van der Waals surface area contributed by atoms with Crippen LogP contribution < -0.4 is 16.0 Å². The third-order valence-electron chi connectivity index (χ3n) is 5.81. The number of carboxylic acids is 1. The molecule has 4 aromatic rings. The lowest BCUT2D eigenvalue weighted by Crippen LogP contribution is -2.18. The normalized spacial score (nSPS) is 10.7. The van der Waals surface area contributed by atoms with Crippen LogP contribution in [-0.4, -0.2) is 45.6 Å². The van der Waals surface area contributed by atoms with E-state index in [0.29, 0.717) is 18.8 Å². The average molecular weight is 573 g/mol. The number of rotatable bonds is 10. The van der Waals surface area contributed by atoms with Gasteiger partial charge in [-0.1, -0.05) is 30.3 Å². The molecule has 4 rings (SSSR count). The molecule has 41 heavy (non-hydrogen) atoms. The summed E-state index contributed by atoms with van der Waals surface area (Å²) >= 11 is 0. The number of aromatic carboxylic acids is 1. The number of pyridine rings is 1. The first-order valence-corrected chi connectivity index (χ1v) is 12.0. The van der Waals surface area contributed by atoms with Gasteiger partial charge in [0.1, 0.15) is 22.8 Å². The van der Waals surface area contributed by atoms with Gasteiger partial charge in [-0.25, -0.2) is 18.0 Å². The number of benzene rings is 2. The molecule has 0 saturated carbocycles. The number of ether oxygens (including phenoxy) is 2. The lowest BCUT2D eigenvalue weighted by molar-refractivity contribution is 0.0691. The van der Waals surface area contributed by atoms with E-state index in [9.17, 15) is 32.7 Å². The van der Waals surface area contributed by atoms with Crippen LogP contribution in [0.1, 0.15) is 49.5 Å². The van der Waals surface area contributed by atoms with Gasteiger partial charge in [-0.3, -0.25) is 14.3 Å². The van der Waals surface area contributed by atoms with Crippen molar-refractivity contribution in [1.29, 1.82) is 0 Å². The number of carbonyl (C=O) groups is 2. The van der Waals surface area contributed by atoms with Gasteiger partial charge in [0, 0.05) is 25.6 Å². The highest BCUT2D eigenvalue weighted by Gasteiger charge is 2.25. The summed E-state index contributed by atoms with van der Waals surface area (Å²) in [4.78, 5) is 33.8. The number of carboxylic acid groups (broad SMARTS) is 1. The number of methoxy groups -OCH3 is 2. The number of carbonyl (C=O) groups excluding carboxylic acids is 1. The smallest absolute Gasteiger partial charge is 0.339 e. The summed E-state index contributed by atoms with van der Waals surface area (Å²) in [5.74, 6) is -3.62. The molecule has 0 unspecified atom stereocenters. The van der Waals surface area contributed by atoms with Crippen LogP contribution in [-0.2, 0) is 24.4 Å². The summed E-state index contributed by atoms with van der Waals surface area (Å²) in [7, 11) is 2.64. The number of nitrogens with zero attached hydrogens (tertiary/aromatic N) is 3. The van der Waals surface area contributed by atoms with E-state index < -0.39 is 35.2 Å². The molecule has 2 heterocycles. The highest BCUT2D eigenvalue weighted by atomic mass is 19.3. The fraction of sp³-hybridized carbons (Fsp3) is 0.214. The molecule has 0 spiro atoms. The molecule has 0 aliphatic rings. The van der Waals surface area contributed by atoms with E-state index in [2.05, 4.69) is 9.84 Å². The quantitative estimate of drug-likeness (QED) is 0.294. The lowest BCUT2D eigenvalue weighted by Gasteiger charge is -2.11. The van der Waals surface area contributed by atoms with Gasteiger partial charge in [-0.05, 0) is 29.3 Å². The summed E-state index contributed by atoms with van der Waals surface area (Å²) in [6.07, 6.45) is 0.233. The van der Waals surface area contributed by atoms with Crippen molar-refractivity contribution in [3.63, 3.8) is 0 Å². The van der Waals surface area contributed by atoms with E-state index in [1.807, 2.05) is 30.3 Å². The van der Waals surface area contributed by atoms with Crippen molar-refractivity contribution in [2.45, 2.75) is 26.1 Å². The zero-order chi connectivity index (χ0) is 30.1. The SMILES string of the molecule is COCc1nn(Cc2ccc(Cn3ccccc3=O)cc2)cc1C(=O)O.COc1ccc(F)c(C(N)=O)c1C(F)F. The van der Waals surface area contributed by atoms with E-state index >= 15 is 0 Å². The van der Waals surface area contributed by atoms with Crippen LogP contribution in [0.4, 0.5) is 13.2 Å². The van der Waals surface area contributed by atoms with Gasteiger partial charge in [-0.2, -0.15) is 5.10 Å². The zero-order valence-electron chi connectivity index (χ0n) is 22.1. The second-order valence-electron chi connectivity index (χ2n) is 8.61. The second kappa shape index (κ2) is 13.9. The Morgan fingerprint density at radius 3 is 2.22 bits per heavy atom. The zero-order valence-corrected chi connectivity index (χ0v) is 22.1. The molecule has 0 fully saturated rings. The fourth-order valence-electron chi connectivity index (χ4n) is 3.91. The number of nitrogens with two attached hydrogens (primary N) is 1. The van der Waals surface area contributed by atoms with Gasteiger partial charge in [0.15, 0.2) is 0 Å². The molecule has 2 aromatic heterocycles. The van der Waals surface area contributed by atoms with Gasteiger partial charge < -0.3 is 24.9 Å². The maximum atomic E-state index is 13.1. The van der Waals surface area contributed by atoms with Crippen molar-refractivity contribution in [3.05, 3.63) is 117 Å². The fourth-order valence-corrected chi connectivity index (χ4v) is 3.91. The second-order valence-corrected chi connectivity index (χ2v) is 8.61. The van der Waals surface area contributed by atoms with Crippen LogP contribution in [0.25, 0.3) is 0 Å². The summed E-state index contributed by atoms with van der Waals surface area (Å²) in [5, 5.41) is 13.5. The monoisotopic (exact) mass is 572 g/mol. The van der Waals surface area contributed by atoms with Crippen molar-refractivity contribution < 1.29 is 37.3 Å². The number of amides is 1. The first-order chi connectivity index (χ1) is 19.5. The highest BCUT2D eigenvalue weighted by molar-refractivity contribution is 5.95.